The third kappa shape index (κ3) is 60.2. The summed E-state index contributed by atoms with van der Waals surface area (Å²) in [7, 11) is 8.84. The molecule has 0 bridgehead atoms. The SMILES string of the molecule is Brc1ccc(Br)cc1.Brc1ccc(Br)cc1.C1CCOC1.CCC(Br)C(=O)c1ccc(C(=O)OC)cc1.CCCC(=O)N(C)OC.CCCC(=O)N(C)OC.CCCC(=O)c1ccc(Br)cc1.CCCC(=O)c1ccc(Br)cc1.CCCC(=O)c1ccc(C(=O)OC)cc1.[CH2-]CCC.[CH2-]CCC.[Li+].[Li+]. The standard InChI is InChI=1S/C12H13BrO3.C12H14O3.2C10H11BrO.2C6H4Br2.2C6H13NO2.C4H8O.2C4H9.2Li/c1-3-10(13)11(14)8-4-6-9(7-5-8)12(15)16-2;1-3-4-11(13)9-5-7-10(8-6-9)12(14)15-2;2*1-2-3-10(12)8-4-6-9(11)7-5-8;2*7-5-1-2-6(8)4-3-5;2*1-4-5-6(8)7(2)9-3;1-2-4-5-3-1;2*1-3-4-2;;/h4-7,10H,3H2,1-2H3;5-8H,3-4H2,1-2H3;2*4-7H,2-3H2,1H3;2*1-4H;2*4-5H2,1-3H3;1-4H2;2*1,3-4H2,2H3;;/q;;;;;;;;;2*-1;2*+1. The molecule has 1 heterocycles. The first-order valence-corrected chi connectivity index (χ1v) is 39.5. The van der Waals surface area contributed by atoms with Crippen molar-refractivity contribution in [2.75, 3.05) is 55.7 Å². The van der Waals surface area contributed by atoms with Crippen LogP contribution in [-0.2, 0) is 33.5 Å². The number of rotatable bonds is 22. The van der Waals surface area contributed by atoms with E-state index in [0.717, 1.165) is 103 Å². The third-order valence-electron chi connectivity index (χ3n) is 12.9. The maximum absolute atomic E-state index is 11.8. The Balaban J connectivity index is -0.000000259. The Hall–Kier alpha value is -3.69. The van der Waals surface area contributed by atoms with Gasteiger partial charge in [-0.1, -0.05) is 228 Å². The van der Waals surface area contributed by atoms with Crippen molar-refractivity contribution in [3.05, 3.63) is 220 Å². The fourth-order valence-electron chi connectivity index (χ4n) is 6.87. The van der Waals surface area contributed by atoms with E-state index in [1.54, 1.807) is 62.6 Å². The molecule has 104 heavy (non-hydrogen) atoms. The van der Waals surface area contributed by atoms with Crippen molar-refractivity contribution in [3.8, 4) is 0 Å². The van der Waals surface area contributed by atoms with Gasteiger partial charge in [0.05, 0.1) is 44.4 Å². The number of carbonyl (C=O) groups excluding carboxylic acids is 8. The molecule has 15 nitrogen and oxygen atoms in total. The van der Waals surface area contributed by atoms with E-state index in [1.807, 2.05) is 139 Å². The second kappa shape index (κ2) is 74.8. The van der Waals surface area contributed by atoms with Crippen molar-refractivity contribution in [1.82, 2.24) is 10.1 Å². The van der Waals surface area contributed by atoms with Crippen molar-refractivity contribution in [2.45, 2.75) is 169 Å². The molecule has 1 fully saturated rings. The summed E-state index contributed by atoms with van der Waals surface area (Å²) in [6.07, 6.45) is 15.2. The molecule has 6 aromatic rings. The van der Waals surface area contributed by atoms with E-state index in [9.17, 15) is 38.4 Å². The molecule has 0 N–H and O–H groups in total. The topological polar surface area (TPSA) is 189 Å². The van der Waals surface area contributed by atoms with Crippen LogP contribution in [0.25, 0.3) is 0 Å². The maximum Gasteiger partial charge on any atom is 1.00 e. The largest absolute Gasteiger partial charge is 1.00 e. The number of esters is 2. The van der Waals surface area contributed by atoms with Gasteiger partial charge in [0.1, 0.15) is 0 Å². The number of Topliss-reactive ketones (excluding diaryl/α,β-unsaturated/α-hetero) is 4. The van der Waals surface area contributed by atoms with Crippen LogP contribution in [0.2, 0.25) is 0 Å². The van der Waals surface area contributed by atoms with Gasteiger partial charge < -0.3 is 28.1 Å². The van der Waals surface area contributed by atoms with E-state index in [1.165, 1.54) is 64.2 Å². The first-order chi connectivity index (χ1) is 48.6. The fourth-order valence-corrected chi connectivity index (χ4v) is 8.72. The van der Waals surface area contributed by atoms with Gasteiger partial charge in [0.2, 0.25) is 11.8 Å². The summed E-state index contributed by atoms with van der Waals surface area (Å²) in [5.74, 6) is -0.141. The summed E-state index contributed by atoms with van der Waals surface area (Å²) < 4.78 is 20.5. The summed E-state index contributed by atoms with van der Waals surface area (Å²) >= 11 is 23.2. The van der Waals surface area contributed by atoms with E-state index in [4.69, 9.17) is 4.74 Å². The van der Waals surface area contributed by atoms with Gasteiger partial charge in [0, 0.05) is 109 Å². The molecule has 0 aliphatic carbocycles. The summed E-state index contributed by atoms with van der Waals surface area (Å²) in [4.78, 5) is 98.9. The fraction of sp³-hybridized carbons (Fsp3) is 0.425. The second-order valence-electron chi connectivity index (χ2n) is 21.5. The second-order valence-corrected chi connectivity index (χ2v) is 28.1. The molecule has 24 heteroatoms. The maximum atomic E-state index is 11.8. The molecule has 7 rings (SSSR count). The Morgan fingerprint density at radius 3 is 0.769 bits per heavy atom. The number of alkyl halides is 1. The average Bonchev–Trinajstić information content (AvgIpc) is 1.00. The van der Waals surface area contributed by atoms with Crippen molar-refractivity contribution in [1.29, 1.82) is 0 Å². The molecule has 2 amide bonds. The third-order valence-corrected chi connectivity index (χ3v) is 17.2. The molecular weight excluding hydrogens is 1770 g/mol. The van der Waals surface area contributed by atoms with Gasteiger partial charge in [0.25, 0.3) is 0 Å². The van der Waals surface area contributed by atoms with Crippen LogP contribution in [0.3, 0.4) is 0 Å². The van der Waals surface area contributed by atoms with E-state index < -0.39 is 5.97 Å². The van der Waals surface area contributed by atoms with Gasteiger partial charge >= 0.3 is 49.7 Å². The number of halogens is 7. The predicted molar refractivity (Wildman–Crippen MR) is 443 cm³/mol. The van der Waals surface area contributed by atoms with Gasteiger partial charge in [-0.05, 0) is 148 Å². The quantitative estimate of drug-likeness (QED) is 0.0156. The molecular formula is C80H109Br7Li2N2O13. The van der Waals surface area contributed by atoms with Crippen molar-refractivity contribution in [3.63, 3.8) is 0 Å². The first kappa shape index (κ1) is 111. The van der Waals surface area contributed by atoms with Crippen LogP contribution in [0.5, 0.6) is 0 Å². The molecule has 0 radical (unpaired) electrons. The smallest absolute Gasteiger partial charge is 0.465 e. The number of hydroxylamine groups is 4. The van der Waals surface area contributed by atoms with Crippen LogP contribution >= 0.6 is 112 Å². The summed E-state index contributed by atoms with van der Waals surface area (Å²) in [6, 6.07) is 43.9. The summed E-state index contributed by atoms with van der Waals surface area (Å²) in [5.41, 5.74) is 3.76. The van der Waals surface area contributed by atoms with Crippen molar-refractivity contribution >= 4 is 158 Å². The minimum absolute atomic E-state index is 0. The number of methoxy groups -OCH3 is 2. The molecule has 1 unspecified atom stereocenters. The average molecular weight is 1880 g/mol. The summed E-state index contributed by atoms with van der Waals surface area (Å²) in [5, 5.41) is 2.48. The van der Waals surface area contributed by atoms with Gasteiger partial charge in [0.15, 0.2) is 23.1 Å². The Morgan fingerprint density at radius 1 is 0.375 bits per heavy atom. The van der Waals surface area contributed by atoms with Crippen LogP contribution in [0.15, 0.2) is 172 Å². The zero-order chi connectivity index (χ0) is 78.2. The molecule has 0 spiro atoms. The number of nitrogens with zero attached hydrogens (tertiary/aromatic N) is 2. The van der Waals surface area contributed by atoms with Crippen LogP contribution < -0.4 is 37.7 Å². The predicted octanol–water partition coefficient (Wildman–Crippen LogP) is 18.2. The van der Waals surface area contributed by atoms with Crippen LogP contribution in [0.4, 0.5) is 0 Å². The van der Waals surface area contributed by atoms with Gasteiger partial charge in [-0.25, -0.2) is 19.7 Å². The monoisotopic (exact) mass is 1870 g/mol. The van der Waals surface area contributed by atoms with Gasteiger partial charge in [-0.15, -0.1) is 0 Å². The van der Waals surface area contributed by atoms with Crippen LogP contribution in [0, 0.1) is 13.8 Å². The van der Waals surface area contributed by atoms with Gasteiger partial charge in [-0.2, -0.15) is 12.8 Å². The Morgan fingerprint density at radius 2 is 0.587 bits per heavy atom. The number of hydrogen-bond acceptors (Lipinski definition) is 13. The van der Waals surface area contributed by atoms with E-state index in [0.29, 0.717) is 54.4 Å². The number of hydrogen-bond donors (Lipinski definition) is 0. The minimum atomic E-state index is -0.398. The Labute approximate surface area is 706 Å². The number of benzene rings is 6. The molecule has 1 saturated heterocycles. The van der Waals surface area contributed by atoms with Crippen LogP contribution in [-0.4, -0.2) is 118 Å². The van der Waals surface area contributed by atoms with Gasteiger partial charge in [-0.3, -0.25) is 38.4 Å². The first-order valence-electron chi connectivity index (χ1n) is 33.9. The molecule has 568 valence electrons. The number of amides is 2. The molecule has 0 saturated carbocycles. The molecule has 1 atom stereocenters. The number of ketones is 4. The summed E-state index contributed by atoms with van der Waals surface area (Å²) in [6.45, 7) is 25.3. The zero-order valence-corrected chi connectivity index (χ0v) is 75.2. The number of unbranched alkanes of at least 4 members (excludes halogenated alkanes) is 2. The van der Waals surface area contributed by atoms with Crippen molar-refractivity contribution < 1.29 is 100.0 Å². The van der Waals surface area contributed by atoms with E-state index in [2.05, 4.69) is 158 Å². The Bertz CT molecular complexity index is 2970. The molecule has 0 aromatic heterocycles. The molecule has 1 aliphatic rings. The van der Waals surface area contributed by atoms with Crippen molar-refractivity contribution in [2.24, 2.45) is 0 Å². The number of carbonyl (C=O) groups is 8. The zero-order valence-electron chi connectivity index (χ0n) is 64.1. The molecule has 1 aliphatic heterocycles. The normalized spacial score (nSPS) is 10.3. The minimum Gasteiger partial charge on any atom is -0.465 e. The van der Waals surface area contributed by atoms with E-state index >= 15 is 0 Å². The van der Waals surface area contributed by atoms with Crippen LogP contribution in [0.1, 0.15) is 227 Å². The Kier molecular flexibility index (Phi) is 80.0. The molecule has 6 aromatic carbocycles. The van der Waals surface area contributed by atoms with E-state index in [-0.39, 0.29) is 83.5 Å². The number of ether oxygens (including phenoxy) is 3.